The smallest absolute Gasteiger partial charge is 0.264 e. The van der Waals surface area contributed by atoms with Gasteiger partial charge in [-0.25, -0.2) is 0 Å². The van der Waals surface area contributed by atoms with E-state index >= 15 is 0 Å². The zero-order valence-corrected chi connectivity index (χ0v) is 9.60. The van der Waals surface area contributed by atoms with E-state index in [-0.39, 0.29) is 5.91 Å². The van der Waals surface area contributed by atoms with Gasteiger partial charge in [-0.15, -0.1) is 5.10 Å². The van der Waals surface area contributed by atoms with Crippen LogP contribution in [0.25, 0.3) is 11.1 Å². The van der Waals surface area contributed by atoms with Gasteiger partial charge in [0.05, 0.1) is 0 Å². The molecule has 1 heterocycles. The summed E-state index contributed by atoms with van der Waals surface area (Å²) in [5.74, 6) is -0.380. The van der Waals surface area contributed by atoms with Crippen LogP contribution in [0.2, 0.25) is 0 Å². The third-order valence-corrected chi connectivity index (χ3v) is 2.24. The molecule has 18 heavy (non-hydrogen) atoms. The van der Waals surface area contributed by atoms with Gasteiger partial charge in [0, 0.05) is 0 Å². The van der Waals surface area contributed by atoms with Crippen LogP contribution in [0.15, 0.2) is 76.1 Å². The van der Waals surface area contributed by atoms with Crippen molar-refractivity contribution in [1.82, 2.24) is 0 Å². The first-order chi connectivity index (χ1) is 8.86. The van der Waals surface area contributed by atoms with E-state index in [1.165, 1.54) is 11.1 Å². The Morgan fingerprint density at radius 2 is 1.22 bits per heavy atom. The van der Waals surface area contributed by atoms with Gasteiger partial charge in [0.1, 0.15) is 6.21 Å². The van der Waals surface area contributed by atoms with Crippen molar-refractivity contribution in [2.24, 2.45) is 15.4 Å². The molecule has 0 saturated carbocycles. The predicted octanol–water partition coefficient (Wildman–Crippen LogP) is 3.32. The van der Waals surface area contributed by atoms with Gasteiger partial charge in [0.15, 0.2) is 0 Å². The van der Waals surface area contributed by atoms with Crippen LogP contribution in [0.4, 0.5) is 0 Å². The van der Waals surface area contributed by atoms with Crippen molar-refractivity contribution in [2.75, 3.05) is 0 Å². The molecule has 0 N–H and O–H groups in total. The van der Waals surface area contributed by atoms with E-state index in [0.717, 1.165) is 6.21 Å². The maximum absolute atomic E-state index is 9.83. The Morgan fingerprint density at radius 3 is 1.50 bits per heavy atom. The minimum Gasteiger partial charge on any atom is -0.264 e. The number of rotatable bonds is 1. The molecule has 0 fully saturated rings. The third-order valence-electron chi connectivity index (χ3n) is 2.24. The average Bonchev–Trinajstić information content (AvgIpc) is 2.93. The summed E-state index contributed by atoms with van der Waals surface area (Å²) in [6.07, 6.45) is 1.06. The van der Waals surface area contributed by atoms with Crippen LogP contribution in [-0.4, -0.2) is 12.1 Å². The molecule has 2 aromatic carbocycles. The van der Waals surface area contributed by atoms with Gasteiger partial charge in [-0.05, 0) is 16.4 Å². The third kappa shape index (κ3) is 3.45. The molecule has 1 aliphatic rings. The fraction of sp³-hybridized carbons (Fsp3) is 0. The second kappa shape index (κ2) is 6.20. The molecule has 0 aromatic heterocycles. The highest BCUT2D eigenvalue weighted by Crippen LogP contribution is 2.17. The second-order valence-corrected chi connectivity index (χ2v) is 3.50. The maximum atomic E-state index is 9.83. The SMILES string of the molecule is O=C1C=NN=N1.c1ccc(-c2ccccc2)cc1. The molecule has 4 nitrogen and oxygen atoms in total. The molecular weight excluding hydrogens is 226 g/mol. The molecule has 3 rings (SSSR count). The fourth-order valence-electron chi connectivity index (χ4n) is 1.43. The predicted molar refractivity (Wildman–Crippen MR) is 70.2 cm³/mol. The van der Waals surface area contributed by atoms with Crippen molar-refractivity contribution >= 4 is 12.1 Å². The lowest BCUT2D eigenvalue weighted by atomic mass is 10.1. The molecule has 88 valence electrons. The molecule has 0 radical (unpaired) electrons. The number of benzene rings is 2. The van der Waals surface area contributed by atoms with Crippen molar-refractivity contribution < 1.29 is 4.79 Å². The van der Waals surface area contributed by atoms with E-state index in [0.29, 0.717) is 0 Å². The molecule has 0 spiro atoms. The lowest BCUT2D eigenvalue weighted by Gasteiger charge is -1.98. The Labute approximate surface area is 105 Å². The Hall–Kier alpha value is -2.62. The molecule has 1 aliphatic heterocycles. The van der Waals surface area contributed by atoms with Gasteiger partial charge < -0.3 is 0 Å². The molecule has 1 amide bonds. The molecule has 0 atom stereocenters. The molecule has 0 unspecified atom stereocenters. The minimum atomic E-state index is -0.380. The van der Waals surface area contributed by atoms with Gasteiger partial charge >= 0.3 is 5.91 Å². The first-order valence-electron chi connectivity index (χ1n) is 5.45. The molecular formula is C14H11N3O. The fourth-order valence-corrected chi connectivity index (χ4v) is 1.43. The highest BCUT2D eigenvalue weighted by molar-refractivity contribution is 6.27. The van der Waals surface area contributed by atoms with Crippen LogP contribution in [0.3, 0.4) is 0 Å². The molecule has 0 saturated heterocycles. The van der Waals surface area contributed by atoms with Crippen LogP contribution in [0.1, 0.15) is 0 Å². The largest absolute Gasteiger partial charge is 0.310 e. The molecule has 2 aromatic rings. The van der Waals surface area contributed by atoms with Gasteiger partial charge in [0.2, 0.25) is 0 Å². The number of hydrogen-bond donors (Lipinski definition) is 0. The minimum absolute atomic E-state index is 0.380. The lowest BCUT2D eigenvalue weighted by Crippen LogP contribution is -1.84. The first-order valence-corrected chi connectivity index (χ1v) is 5.45. The number of amides is 1. The maximum Gasteiger partial charge on any atom is 0.310 e. The van der Waals surface area contributed by atoms with Crippen molar-refractivity contribution in [3.8, 4) is 11.1 Å². The standard InChI is InChI=1S/C12H10.C2HN3O/c1-3-7-11(8-4-1)12-9-5-2-6-10-12;6-2-1-3-5-4-2/h1-10H;1H. The van der Waals surface area contributed by atoms with Gasteiger partial charge in [0.25, 0.3) is 0 Å². The van der Waals surface area contributed by atoms with E-state index in [1.807, 2.05) is 12.1 Å². The summed E-state index contributed by atoms with van der Waals surface area (Å²) in [6.45, 7) is 0. The highest BCUT2D eigenvalue weighted by atomic mass is 16.2. The zero-order chi connectivity index (χ0) is 12.6. The Bertz CT molecular complexity index is 511. The van der Waals surface area contributed by atoms with E-state index in [2.05, 4.69) is 64.0 Å². The quantitative estimate of drug-likeness (QED) is 0.750. The van der Waals surface area contributed by atoms with Gasteiger partial charge in [-0.3, -0.25) is 4.79 Å². The Balaban J connectivity index is 0.000000169. The Kier molecular flexibility index (Phi) is 4.08. The van der Waals surface area contributed by atoms with E-state index in [4.69, 9.17) is 0 Å². The van der Waals surface area contributed by atoms with Gasteiger partial charge in [-0.1, -0.05) is 65.8 Å². The summed E-state index contributed by atoms with van der Waals surface area (Å²) in [4.78, 5) is 9.83. The van der Waals surface area contributed by atoms with Crippen LogP contribution in [-0.2, 0) is 4.79 Å². The van der Waals surface area contributed by atoms with E-state index in [1.54, 1.807) is 0 Å². The topological polar surface area (TPSA) is 54.1 Å². The van der Waals surface area contributed by atoms with Crippen molar-refractivity contribution in [1.29, 1.82) is 0 Å². The summed E-state index contributed by atoms with van der Waals surface area (Å²) in [7, 11) is 0. The molecule has 0 bridgehead atoms. The summed E-state index contributed by atoms with van der Waals surface area (Å²) in [5.41, 5.74) is 2.55. The van der Waals surface area contributed by atoms with Crippen molar-refractivity contribution in [3.05, 3.63) is 60.7 Å². The number of nitrogens with zero attached hydrogens (tertiary/aromatic N) is 3. The average molecular weight is 237 g/mol. The Morgan fingerprint density at radius 1 is 0.722 bits per heavy atom. The summed E-state index contributed by atoms with van der Waals surface area (Å²) in [5, 5.41) is 9.16. The van der Waals surface area contributed by atoms with E-state index < -0.39 is 0 Å². The van der Waals surface area contributed by atoms with Crippen LogP contribution in [0.5, 0.6) is 0 Å². The van der Waals surface area contributed by atoms with Crippen LogP contribution >= 0.6 is 0 Å². The zero-order valence-electron chi connectivity index (χ0n) is 9.60. The normalized spacial score (nSPS) is 12.1. The number of carbonyl (C=O) groups is 1. The summed E-state index contributed by atoms with van der Waals surface area (Å²) in [6, 6.07) is 20.8. The highest BCUT2D eigenvalue weighted by Gasteiger charge is 1.94. The number of hydrogen-bond acceptors (Lipinski definition) is 3. The summed E-state index contributed by atoms with van der Waals surface area (Å²) < 4.78 is 0. The lowest BCUT2D eigenvalue weighted by molar-refractivity contribution is -0.111. The van der Waals surface area contributed by atoms with Crippen molar-refractivity contribution in [2.45, 2.75) is 0 Å². The summed E-state index contributed by atoms with van der Waals surface area (Å²) >= 11 is 0. The monoisotopic (exact) mass is 237 g/mol. The van der Waals surface area contributed by atoms with E-state index in [9.17, 15) is 4.79 Å². The number of carbonyl (C=O) groups excluding carboxylic acids is 1. The van der Waals surface area contributed by atoms with Crippen LogP contribution < -0.4 is 0 Å². The van der Waals surface area contributed by atoms with Gasteiger partial charge in [-0.2, -0.15) is 0 Å². The van der Waals surface area contributed by atoms with Crippen molar-refractivity contribution in [3.63, 3.8) is 0 Å². The molecule has 4 heteroatoms. The molecule has 0 aliphatic carbocycles. The second-order valence-electron chi connectivity index (χ2n) is 3.50. The van der Waals surface area contributed by atoms with Crippen LogP contribution in [0, 0.1) is 0 Å². The first kappa shape index (κ1) is 11.9.